The number of hydrogen-bond donors (Lipinski definition) is 2. The van der Waals surface area contributed by atoms with E-state index in [1.54, 1.807) is 0 Å². The van der Waals surface area contributed by atoms with Crippen molar-refractivity contribution in [2.75, 3.05) is 0 Å². The first-order chi connectivity index (χ1) is 11.7. The predicted molar refractivity (Wildman–Crippen MR) is 119 cm³/mol. The van der Waals surface area contributed by atoms with Crippen molar-refractivity contribution in [3.05, 3.63) is 11.6 Å². The summed E-state index contributed by atoms with van der Waals surface area (Å²) in [4.78, 5) is 4.79. The maximum absolute atomic E-state index is 4.79. The van der Waals surface area contributed by atoms with Gasteiger partial charge in [0, 0.05) is 19.1 Å². The standard InChI is InChI=1S/C19H36N6.HI/c1-14(11-12-19(3,4)5)21-18(22-16-9-7-8-10-16)20-13-17-24-23-15(2)25(17)6;/h14,16H,7-13H2,1-6H3,(H2,20,21,22);1H. The van der Waals surface area contributed by atoms with Gasteiger partial charge in [0.1, 0.15) is 12.4 Å². The Balaban J connectivity index is 0.00000338. The molecular weight excluding hydrogens is 439 g/mol. The normalized spacial score (nSPS) is 17.1. The number of nitrogens with zero attached hydrogens (tertiary/aromatic N) is 4. The van der Waals surface area contributed by atoms with Crippen molar-refractivity contribution in [1.29, 1.82) is 0 Å². The summed E-state index contributed by atoms with van der Waals surface area (Å²) in [6.45, 7) is 11.6. The number of aromatic nitrogens is 3. The van der Waals surface area contributed by atoms with Crippen molar-refractivity contribution in [2.24, 2.45) is 17.5 Å². The van der Waals surface area contributed by atoms with Gasteiger partial charge in [-0.2, -0.15) is 0 Å². The van der Waals surface area contributed by atoms with Crippen LogP contribution in [0.3, 0.4) is 0 Å². The Labute approximate surface area is 176 Å². The van der Waals surface area contributed by atoms with Crippen LogP contribution in [-0.4, -0.2) is 32.8 Å². The van der Waals surface area contributed by atoms with Gasteiger partial charge < -0.3 is 15.2 Å². The zero-order valence-corrected chi connectivity index (χ0v) is 19.6. The van der Waals surface area contributed by atoms with Gasteiger partial charge in [0.25, 0.3) is 0 Å². The Bertz CT molecular complexity index is 569. The molecule has 2 rings (SSSR count). The van der Waals surface area contributed by atoms with Gasteiger partial charge in [-0.25, -0.2) is 4.99 Å². The van der Waals surface area contributed by atoms with Crippen molar-refractivity contribution >= 4 is 29.9 Å². The molecule has 7 heteroatoms. The Morgan fingerprint density at radius 3 is 2.46 bits per heavy atom. The van der Waals surface area contributed by atoms with Crippen molar-refractivity contribution in [2.45, 2.75) is 91.8 Å². The molecule has 0 radical (unpaired) electrons. The zero-order valence-electron chi connectivity index (χ0n) is 17.3. The van der Waals surface area contributed by atoms with E-state index in [2.05, 4.69) is 48.5 Å². The lowest BCUT2D eigenvalue weighted by atomic mass is 9.89. The first-order valence-corrected chi connectivity index (χ1v) is 9.67. The Morgan fingerprint density at radius 2 is 1.92 bits per heavy atom. The second-order valence-corrected chi connectivity index (χ2v) is 8.66. The van der Waals surface area contributed by atoms with E-state index < -0.39 is 0 Å². The van der Waals surface area contributed by atoms with Crippen LogP contribution in [0.4, 0.5) is 0 Å². The van der Waals surface area contributed by atoms with Gasteiger partial charge in [0.05, 0.1) is 0 Å². The van der Waals surface area contributed by atoms with Crippen LogP contribution in [0.25, 0.3) is 0 Å². The molecule has 1 saturated carbocycles. The highest BCUT2D eigenvalue weighted by molar-refractivity contribution is 14.0. The summed E-state index contributed by atoms with van der Waals surface area (Å²) in [5, 5.41) is 15.6. The van der Waals surface area contributed by atoms with E-state index in [0.717, 1.165) is 24.0 Å². The van der Waals surface area contributed by atoms with Gasteiger partial charge in [0.15, 0.2) is 11.8 Å². The second-order valence-electron chi connectivity index (χ2n) is 8.66. The largest absolute Gasteiger partial charge is 0.354 e. The molecule has 1 heterocycles. The molecule has 1 aliphatic carbocycles. The molecule has 0 saturated heterocycles. The summed E-state index contributed by atoms with van der Waals surface area (Å²) < 4.78 is 2.00. The lowest BCUT2D eigenvalue weighted by Crippen LogP contribution is -2.46. The molecule has 1 aromatic rings. The highest BCUT2D eigenvalue weighted by Gasteiger charge is 2.18. The summed E-state index contributed by atoms with van der Waals surface area (Å²) in [6.07, 6.45) is 7.43. The third-order valence-electron chi connectivity index (χ3n) is 4.97. The average molecular weight is 476 g/mol. The van der Waals surface area contributed by atoms with Gasteiger partial charge in [-0.1, -0.05) is 33.6 Å². The van der Waals surface area contributed by atoms with Crippen LogP contribution < -0.4 is 10.6 Å². The summed E-state index contributed by atoms with van der Waals surface area (Å²) in [6, 6.07) is 0.940. The molecule has 1 aliphatic rings. The third kappa shape index (κ3) is 7.80. The smallest absolute Gasteiger partial charge is 0.192 e. The number of aryl methyl sites for hydroxylation is 1. The number of halogens is 1. The first kappa shape index (κ1) is 23.2. The van der Waals surface area contributed by atoms with Crippen molar-refractivity contribution in [3.63, 3.8) is 0 Å². The van der Waals surface area contributed by atoms with Gasteiger partial charge in [-0.3, -0.25) is 0 Å². The number of hydrogen-bond acceptors (Lipinski definition) is 3. The van der Waals surface area contributed by atoms with E-state index in [4.69, 9.17) is 4.99 Å². The fraction of sp³-hybridized carbons (Fsp3) is 0.842. The molecule has 1 fully saturated rings. The predicted octanol–water partition coefficient (Wildman–Crippen LogP) is 3.93. The Morgan fingerprint density at radius 1 is 1.27 bits per heavy atom. The Kier molecular flexibility index (Phi) is 9.33. The van der Waals surface area contributed by atoms with E-state index in [9.17, 15) is 0 Å². The van der Waals surface area contributed by atoms with E-state index in [0.29, 0.717) is 24.0 Å². The number of nitrogens with one attached hydrogen (secondary N) is 2. The number of rotatable bonds is 6. The molecule has 6 nitrogen and oxygen atoms in total. The third-order valence-corrected chi connectivity index (χ3v) is 4.97. The van der Waals surface area contributed by atoms with Crippen LogP contribution in [0, 0.1) is 12.3 Å². The van der Waals surface area contributed by atoms with Crippen LogP contribution in [0.15, 0.2) is 4.99 Å². The molecule has 1 unspecified atom stereocenters. The van der Waals surface area contributed by atoms with Crippen LogP contribution in [0.1, 0.15) is 77.9 Å². The number of aliphatic imine (C=N–C) groups is 1. The minimum absolute atomic E-state index is 0. The highest BCUT2D eigenvalue weighted by Crippen LogP contribution is 2.21. The van der Waals surface area contributed by atoms with Gasteiger partial charge in [0.2, 0.25) is 0 Å². The molecule has 0 aliphatic heterocycles. The lowest BCUT2D eigenvalue weighted by molar-refractivity contribution is 0.345. The summed E-state index contributed by atoms with van der Waals surface area (Å²) in [5.41, 5.74) is 0.363. The molecule has 0 bridgehead atoms. The van der Waals surface area contributed by atoms with Gasteiger partial charge >= 0.3 is 0 Å². The molecule has 2 N–H and O–H groups in total. The monoisotopic (exact) mass is 476 g/mol. The summed E-state index contributed by atoms with van der Waals surface area (Å²) in [5.74, 6) is 2.73. The quantitative estimate of drug-likeness (QED) is 0.371. The average Bonchev–Trinajstić information content (AvgIpc) is 3.14. The molecule has 0 spiro atoms. The molecule has 150 valence electrons. The Hall–Kier alpha value is -0.860. The van der Waals surface area contributed by atoms with Gasteiger partial charge in [-0.05, 0) is 44.9 Å². The molecule has 26 heavy (non-hydrogen) atoms. The molecule has 1 atom stereocenters. The van der Waals surface area contributed by atoms with Crippen LogP contribution in [0.5, 0.6) is 0 Å². The lowest BCUT2D eigenvalue weighted by Gasteiger charge is -2.24. The second kappa shape index (κ2) is 10.5. The number of guanidine groups is 1. The summed E-state index contributed by atoms with van der Waals surface area (Å²) in [7, 11) is 1.99. The van der Waals surface area contributed by atoms with E-state index >= 15 is 0 Å². The zero-order chi connectivity index (χ0) is 18.4. The molecule has 0 amide bonds. The topological polar surface area (TPSA) is 67.1 Å². The minimum atomic E-state index is 0. The highest BCUT2D eigenvalue weighted by atomic mass is 127. The molecule has 1 aromatic heterocycles. The fourth-order valence-corrected chi connectivity index (χ4v) is 3.09. The van der Waals surface area contributed by atoms with E-state index in [-0.39, 0.29) is 24.0 Å². The van der Waals surface area contributed by atoms with E-state index in [1.165, 1.54) is 32.1 Å². The molecular formula is C19H37IN6. The SMILES string of the molecule is Cc1nnc(CN=C(NC(C)CCC(C)(C)C)NC2CCCC2)n1C.I. The van der Waals surface area contributed by atoms with Crippen LogP contribution >= 0.6 is 24.0 Å². The van der Waals surface area contributed by atoms with Gasteiger partial charge in [-0.15, -0.1) is 34.2 Å². The summed E-state index contributed by atoms with van der Waals surface area (Å²) >= 11 is 0. The van der Waals surface area contributed by atoms with Crippen LogP contribution in [0.2, 0.25) is 0 Å². The van der Waals surface area contributed by atoms with E-state index in [1.807, 2.05) is 18.5 Å². The maximum atomic E-state index is 4.79. The first-order valence-electron chi connectivity index (χ1n) is 9.67. The van der Waals surface area contributed by atoms with Crippen LogP contribution in [-0.2, 0) is 13.6 Å². The van der Waals surface area contributed by atoms with Crippen molar-refractivity contribution in [3.8, 4) is 0 Å². The minimum Gasteiger partial charge on any atom is -0.354 e. The fourth-order valence-electron chi connectivity index (χ4n) is 3.09. The maximum Gasteiger partial charge on any atom is 0.192 e. The van der Waals surface area contributed by atoms with Crippen molar-refractivity contribution < 1.29 is 0 Å². The van der Waals surface area contributed by atoms with Crippen molar-refractivity contribution in [1.82, 2.24) is 25.4 Å². The molecule has 0 aromatic carbocycles.